The summed E-state index contributed by atoms with van der Waals surface area (Å²) in [6.45, 7) is 1.70. The number of amides is 1. The summed E-state index contributed by atoms with van der Waals surface area (Å²) < 4.78 is 41.3. The molecule has 0 radical (unpaired) electrons. The van der Waals surface area contributed by atoms with E-state index >= 15 is 0 Å². The zero-order valence-corrected chi connectivity index (χ0v) is 14.5. The van der Waals surface area contributed by atoms with Crippen molar-refractivity contribution in [2.24, 2.45) is 0 Å². The molecule has 6 nitrogen and oxygen atoms in total. The zero-order valence-electron chi connectivity index (χ0n) is 14.5. The molecule has 1 fully saturated rings. The van der Waals surface area contributed by atoms with Crippen LogP contribution in [0.2, 0.25) is 0 Å². The monoisotopic (exact) mass is 380 g/mol. The Hall–Kier alpha value is -2.84. The number of ether oxygens (including phenoxy) is 1. The van der Waals surface area contributed by atoms with Crippen LogP contribution in [0.4, 0.5) is 19.0 Å². The van der Waals surface area contributed by atoms with E-state index < -0.39 is 12.3 Å². The van der Waals surface area contributed by atoms with Crippen LogP contribution in [0.25, 0.3) is 0 Å². The third-order valence-corrected chi connectivity index (χ3v) is 4.20. The number of carbonyl (C=O) groups excluding carboxylic acids is 1. The second-order valence-corrected chi connectivity index (χ2v) is 6.16. The summed E-state index contributed by atoms with van der Waals surface area (Å²) in [6.07, 6.45) is -1.40. The molecule has 1 saturated heterocycles. The van der Waals surface area contributed by atoms with Gasteiger partial charge in [-0.05, 0) is 37.5 Å². The van der Waals surface area contributed by atoms with Gasteiger partial charge in [-0.1, -0.05) is 18.2 Å². The highest BCUT2D eigenvalue weighted by Gasteiger charge is 2.32. The number of hydrogen-bond acceptors (Lipinski definition) is 5. The van der Waals surface area contributed by atoms with E-state index in [4.69, 9.17) is 0 Å². The molecule has 144 valence electrons. The molecule has 1 aliphatic heterocycles. The number of anilines is 1. The van der Waals surface area contributed by atoms with Gasteiger partial charge in [-0.2, -0.15) is 0 Å². The van der Waals surface area contributed by atoms with Crippen molar-refractivity contribution >= 4 is 11.7 Å². The Balaban J connectivity index is 1.61. The molecule has 0 spiro atoms. The number of para-hydroxylation sites is 1. The fourth-order valence-corrected chi connectivity index (χ4v) is 2.88. The molecule has 2 heterocycles. The van der Waals surface area contributed by atoms with E-state index in [2.05, 4.69) is 25.2 Å². The van der Waals surface area contributed by atoms with Crippen LogP contribution in [-0.2, 0) is 6.54 Å². The number of rotatable bonds is 5. The molecule has 3 rings (SSSR count). The average molecular weight is 380 g/mol. The zero-order chi connectivity index (χ0) is 19.3. The fraction of sp³-hybridized carbons (Fsp3) is 0.389. The van der Waals surface area contributed by atoms with Crippen molar-refractivity contribution in [3.05, 3.63) is 47.7 Å². The van der Waals surface area contributed by atoms with Gasteiger partial charge in [-0.25, -0.2) is 0 Å². The van der Waals surface area contributed by atoms with Crippen LogP contribution < -0.4 is 15.0 Å². The number of hydrogen-bond donors (Lipinski definition) is 1. The number of nitrogens with zero attached hydrogens (tertiary/aromatic N) is 3. The van der Waals surface area contributed by atoms with Crippen molar-refractivity contribution in [1.82, 2.24) is 15.5 Å². The average Bonchev–Trinajstić information content (AvgIpc) is 2.67. The van der Waals surface area contributed by atoms with Crippen LogP contribution in [0.5, 0.6) is 5.75 Å². The molecule has 1 N–H and O–H groups in total. The lowest BCUT2D eigenvalue weighted by Gasteiger charge is -2.27. The van der Waals surface area contributed by atoms with Crippen molar-refractivity contribution in [3.63, 3.8) is 0 Å². The van der Waals surface area contributed by atoms with Gasteiger partial charge in [0.1, 0.15) is 5.75 Å². The second-order valence-electron chi connectivity index (χ2n) is 6.16. The predicted molar refractivity (Wildman–Crippen MR) is 92.4 cm³/mol. The third-order valence-electron chi connectivity index (χ3n) is 4.20. The molecule has 0 atom stereocenters. The van der Waals surface area contributed by atoms with Crippen molar-refractivity contribution in [2.45, 2.75) is 32.2 Å². The molecule has 1 aliphatic rings. The highest BCUT2D eigenvalue weighted by atomic mass is 19.4. The quantitative estimate of drug-likeness (QED) is 0.862. The summed E-state index contributed by atoms with van der Waals surface area (Å²) in [4.78, 5) is 14.3. The third kappa shape index (κ3) is 5.32. The maximum Gasteiger partial charge on any atom is 0.573 e. The van der Waals surface area contributed by atoms with Gasteiger partial charge in [-0.15, -0.1) is 23.4 Å². The van der Waals surface area contributed by atoms with Gasteiger partial charge in [0.15, 0.2) is 11.5 Å². The van der Waals surface area contributed by atoms with Crippen LogP contribution in [0.3, 0.4) is 0 Å². The Morgan fingerprint density at radius 3 is 2.48 bits per heavy atom. The van der Waals surface area contributed by atoms with Crippen LogP contribution in [0.15, 0.2) is 36.4 Å². The van der Waals surface area contributed by atoms with Crippen molar-refractivity contribution in [1.29, 1.82) is 0 Å². The molecule has 1 aromatic heterocycles. The standard InChI is InChI=1S/C18H19F3N4O2/c19-18(20,21)27-15-7-3-2-6-13(15)12-22-17(26)14-8-9-16(24-23-14)25-10-4-1-5-11-25/h2-3,6-9H,1,4-5,10-12H2,(H,22,26). The molecule has 9 heteroatoms. The largest absolute Gasteiger partial charge is 0.573 e. The highest BCUT2D eigenvalue weighted by Crippen LogP contribution is 2.26. The molecule has 0 aliphatic carbocycles. The fourth-order valence-electron chi connectivity index (χ4n) is 2.88. The van der Waals surface area contributed by atoms with Crippen LogP contribution in [-0.4, -0.2) is 35.6 Å². The van der Waals surface area contributed by atoms with Crippen molar-refractivity contribution in [3.8, 4) is 5.75 Å². The minimum Gasteiger partial charge on any atom is -0.405 e. The molecular formula is C18H19F3N4O2. The van der Waals surface area contributed by atoms with E-state index in [1.54, 1.807) is 18.2 Å². The van der Waals surface area contributed by atoms with E-state index in [1.807, 2.05) is 0 Å². The Bertz CT molecular complexity index is 775. The summed E-state index contributed by atoms with van der Waals surface area (Å²) in [5.41, 5.74) is 0.311. The van der Waals surface area contributed by atoms with E-state index in [9.17, 15) is 18.0 Å². The van der Waals surface area contributed by atoms with Crippen LogP contribution in [0.1, 0.15) is 35.3 Å². The number of piperidine rings is 1. The minimum atomic E-state index is -4.80. The summed E-state index contributed by atoms with van der Waals surface area (Å²) in [7, 11) is 0. The minimum absolute atomic E-state index is 0.102. The number of halogens is 3. The second kappa shape index (κ2) is 8.24. The first-order valence-corrected chi connectivity index (χ1v) is 8.63. The number of nitrogens with one attached hydrogen (secondary N) is 1. The molecule has 0 saturated carbocycles. The summed E-state index contributed by atoms with van der Waals surface area (Å²) >= 11 is 0. The summed E-state index contributed by atoms with van der Waals surface area (Å²) in [5.74, 6) is -0.151. The van der Waals surface area contributed by atoms with Gasteiger partial charge in [0.25, 0.3) is 5.91 Å². The lowest BCUT2D eigenvalue weighted by Crippen LogP contribution is -2.31. The maximum atomic E-state index is 12.4. The molecule has 1 aromatic carbocycles. The van der Waals surface area contributed by atoms with Gasteiger partial charge in [-0.3, -0.25) is 4.79 Å². The molecule has 1 amide bonds. The van der Waals surface area contributed by atoms with Crippen molar-refractivity contribution < 1.29 is 22.7 Å². The first kappa shape index (κ1) is 18.9. The van der Waals surface area contributed by atoms with E-state index in [1.165, 1.54) is 24.6 Å². The molecule has 0 bridgehead atoms. The Morgan fingerprint density at radius 2 is 1.81 bits per heavy atom. The van der Waals surface area contributed by atoms with Gasteiger partial charge in [0, 0.05) is 25.2 Å². The molecule has 2 aromatic rings. The Labute approximate surface area is 154 Å². The first-order valence-electron chi connectivity index (χ1n) is 8.63. The maximum absolute atomic E-state index is 12.4. The number of alkyl halides is 3. The lowest BCUT2D eigenvalue weighted by molar-refractivity contribution is -0.274. The number of aromatic nitrogens is 2. The predicted octanol–water partition coefficient (Wildman–Crippen LogP) is 3.30. The topological polar surface area (TPSA) is 67.3 Å². The molecular weight excluding hydrogens is 361 g/mol. The van der Waals surface area contributed by atoms with E-state index in [0.717, 1.165) is 31.7 Å². The van der Waals surface area contributed by atoms with E-state index in [-0.39, 0.29) is 23.6 Å². The highest BCUT2D eigenvalue weighted by molar-refractivity contribution is 5.92. The van der Waals surface area contributed by atoms with Crippen molar-refractivity contribution in [2.75, 3.05) is 18.0 Å². The molecule has 0 unspecified atom stereocenters. The first-order chi connectivity index (χ1) is 12.9. The normalized spacial score (nSPS) is 14.7. The summed E-state index contributed by atoms with van der Waals surface area (Å²) in [6, 6.07) is 8.93. The SMILES string of the molecule is O=C(NCc1ccccc1OC(F)(F)F)c1ccc(N2CCCCC2)nn1. The van der Waals surface area contributed by atoms with Gasteiger partial charge < -0.3 is 15.0 Å². The number of benzene rings is 1. The summed E-state index contributed by atoms with van der Waals surface area (Å²) in [5, 5.41) is 10.6. The van der Waals surface area contributed by atoms with Gasteiger partial charge in [0.05, 0.1) is 0 Å². The lowest BCUT2D eigenvalue weighted by atomic mass is 10.1. The number of carbonyl (C=O) groups is 1. The van der Waals surface area contributed by atoms with Gasteiger partial charge >= 0.3 is 6.36 Å². The van der Waals surface area contributed by atoms with E-state index in [0.29, 0.717) is 0 Å². The molecule has 27 heavy (non-hydrogen) atoms. The Kier molecular flexibility index (Phi) is 5.78. The smallest absolute Gasteiger partial charge is 0.405 e. The van der Waals surface area contributed by atoms with Crippen LogP contribution >= 0.6 is 0 Å². The Morgan fingerprint density at radius 1 is 1.07 bits per heavy atom. The van der Waals surface area contributed by atoms with Gasteiger partial charge in [0.2, 0.25) is 0 Å². The van der Waals surface area contributed by atoms with Crippen LogP contribution in [0, 0.1) is 0 Å².